The molecule has 152 valence electrons. The molecule has 6 nitrogen and oxygen atoms in total. The molecule has 0 unspecified atom stereocenters. The minimum Gasteiger partial charge on any atom is -0.383 e. The van der Waals surface area contributed by atoms with E-state index < -0.39 is 34.8 Å². The third-order valence-electron chi connectivity index (χ3n) is 3.80. The van der Waals surface area contributed by atoms with Gasteiger partial charge in [-0.1, -0.05) is 29.3 Å². The monoisotopic (exact) mass is 448 g/mol. The van der Waals surface area contributed by atoms with E-state index >= 15 is 0 Å². The van der Waals surface area contributed by atoms with E-state index in [4.69, 9.17) is 27.9 Å². The lowest BCUT2D eigenvalue weighted by Gasteiger charge is -2.22. The number of rotatable bonds is 9. The lowest BCUT2D eigenvalue weighted by molar-refractivity contribution is -0.121. The van der Waals surface area contributed by atoms with Gasteiger partial charge < -0.3 is 10.1 Å². The summed E-state index contributed by atoms with van der Waals surface area (Å²) in [7, 11) is -2.64. The second-order valence-corrected chi connectivity index (χ2v) is 8.55. The molecule has 2 rings (SSSR count). The number of amides is 1. The van der Waals surface area contributed by atoms with Crippen molar-refractivity contribution in [3.8, 4) is 0 Å². The van der Waals surface area contributed by atoms with Crippen molar-refractivity contribution in [1.29, 1.82) is 0 Å². The van der Waals surface area contributed by atoms with E-state index in [2.05, 4.69) is 5.32 Å². The minimum atomic E-state index is -4.12. The highest BCUT2D eigenvalue weighted by Crippen LogP contribution is 2.25. The smallest absolute Gasteiger partial charge is 0.243 e. The SMILES string of the molecule is COCCNC(=O)CN(Cc1c(F)cccc1Cl)S(=O)(=O)c1ccc(Cl)cc1. The summed E-state index contributed by atoms with van der Waals surface area (Å²) in [6.45, 7) is -0.438. The molecule has 0 saturated carbocycles. The molecule has 0 spiro atoms. The van der Waals surface area contributed by atoms with Crippen LogP contribution in [0, 0.1) is 5.82 Å². The normalized spacial score (nSPS) is 11.6. The number of carbonyl (C=O) groups is 1. The number of sulfonamides is 1. The quantitative estimate of drug-likeness (QED) is 0.598. The summed E-state index contributed by atoms with van der Waals surface area (Å²) in [5.74, 6) is -1.22. The van der Waals surface area contributed by atoms with Crippen molar-refractivity contribution < 1.29 is 22.3 Å². The average molecular weight is 449 g/mol. The first-order valence-electron chi connectivity index (χ1n) is 8.20. The number of benzene rings is 2. The molecular formula is C18H19Cl2FN2O4S. The summed E-state index contributed by atoms with van der Waals surface area (Å²) in [5, 5.41) is 2.97. The van der Waals surface area contributed by atoms with Crippen LogP contribution >= 0.6 is 23.2 Å². The topological polar surface area (TPSA) is 75.7 Å². The fourth-order valence-corrected chi connectivity index (χ4v) is 4.06. The number of hydrogen-bond donors (Lipinski definition) is 1. The summed E-state index contributed by atoms with van der Waals surface area (Å²) in [4.78, 5) is 12.1. The van der Waals surface area contributed by atoms with Gasteiger partial charge >= 0.3 is 0 Å². The number of ether oxygens (including phenoxy) is 1. The molecule has 0 aliphatic carbocycles. The van der Waals surface area contributed by atoms with Crippen LogP contribution < -0.4 is 5.32 Å². The fourth-order valence-electron chi connectivity index (χ4n) is 2.35. The Morgan fingerprint density at radius 3 is 2.46 bits per heavy atom. The number of hydrogen-bond acceptors (Lipinski definition) is 4. The van der Waals surface area contributed by atoms with Crippen molar-refractivity contribution in [2.45, 2.75) is 11.4 Å². The van der Waals surface area contributed by atoms with Gasteiger partial charge in [-0.15, -0.1) is 0 Å². The molecule has 28 heavy (non-hydrogen) atoms. The fraction of sp³-hybridized carbons (Fsp3) is 0.278. The van der Waals surface area contributed by atoms with Crippen LogP contribution in [0.1, 0.15) is 5.56 Å². The van der Waals surface area contributed by atoms with Crippen molar-refractivity contribution in [3.05, 3.63) is 63.9 Å². The molecule has 0 bridgehead atoms. The Bertz CT molecular complexity index is 903. The van der Waals surface area contributed by atoms with Gasteiger partial charge in [-0.05, 0) is 36.4 Å². The zero-order chi connectivity index (χ0) is 20.7. The lowest BCUT2D eigenvalue weighted by atomic mass is 10.2. The summed E-state index contributed by atoms with van der Waals surface area (Å²) < 4.78 is 46.0. The Balaban J connectivity index is 2.35. The third kappa shape index (κ3) is 5.89. The molecule has 0 radical (unpaired) electrons. The van der Waals surface area contributed by atoms with Gasteiger partial charge in [0.15, 0.2) is 0 Å². The van der Waals surface area contributed by atoms with Crippen LogP contribution in [0.2, 0.25) is 10.0 Å². The highest BCUT2D eigenvalue weighted by atomic mass is 35.5. The lowest BCUT2D eigenvalue weighted by Crippen LogP contribution is -2.41. The maximum absolute atomic E-state index is 14.2. The first-order valence-corrected chi connectivity index (χ1v) is 10.4. The van der Waals surface area contributed by atoms with E-state index in [-0.39, 0.29) is 28.6 Å². The van der Waals surface area contributed by atoms with Crippen molar-refractivity contribution >= 4 is 39.1 Å². The number of nitrogens with zero attached hydrogens (tertiary/aromatic N) is 1. The first-order chi connectivity index (χ1) is 13.3. The van der Waals surface area contributed by atoms with Gasteiger partial charge in [-0.2, -0.15) is 4.31 Å². The highest BCUT2D eigenvalue weighted by molar-refractivity contribution is 7.89. The van der Waals surface area contributed by atoms with Crippen LogP contribution in [0.25, 0.3) is 0 Å². The van der Waals surface area contributed by atoms with Crippen LogP contribution in [0.3, 0.4) is 0 Å². The second kappa shape index (κ2) is 10.2. The van der Waals surface area contributed by atoms with Gasteiger partial charge in [0.1, 0.15) is 5.82 Å². The Labute approximate surface area is 173 Å². The largest absolute Gasteiger partial charge is 0.383 e. The van der Waals surface area contributed by atoms with Crippen LogP contribution in [-0.2, 0) is 26.1 Å². The van der Waals surface area contributed by atoms with Crippen LogP contribution in [-0.4, -0.2) is 45.4 Å². The zero-order valence-corrected chi connectivity index (χ0v) is 17.3. The van der Waals surface area contributed by atoms with Gasteiger partial charge in [-0.25, -0.2) is 12.8 Å². The molecule has 0 heterocycles. The van der Waals surface area contributed by atoms with Crippen molar-refractivity contribution in [2.75, 3.05) is 26.8 Å². The molecule has 2 aromatic rings. The number of methoxy groups -OCH3 is 1. The molecule has 1 amide bonds. The predicted molar refractivity (Wildman–Crippen MR) is 105 cm³/mol. The molecule has 1 N–H and O–H groups in total. The summed E-state index contributed by atoms with van der Waals surface area (Å²) in [6.07, 6.45) is 0. The van der Waals surface area contributed by atoms with Crippen molar-refractivity contribution in [1.82, 2.24) is 9.62 Å². The standard InChI is InChI=1S/C18H19Cl2FN2O4S/c1-27-10-9-22-18(24)12-23(11-15-16(20)3-2-4-17(15)21)28(25,26)14-7-5-13(19)6-8-14/h2-8H,9-12H2,1H3,(H,22,24). The molecule has 0 fully saturated rings. The number of nitrogens with one attached hydrogen (secondary N) is 1. The molecule has 10 heteroatoms. The highest BCUT2D eigenvalue weighted by Gasteiger charge is 2.28. The molecule has 0 aromatic heterocycles. The zero-order valence-electron chi connectivity index (χ0n) is 15.0. The van der Waals surface area contributed by atoms with Crippen molar-refractivity contribution in [2.24, 2.45) is 0 Å². The summed E-state index contributed by atoms with van der Waals surface area (Å²) >= 11 is 11.8. The second-order valence-electron chi connectivity index (χ2n) is 5.77. The Kier molecular flexibility index (Phi) is 8.21. The molecule has 0 aliphatic rings. The van der Waals surface area contributed by atoms with E-state index in [0.29, 0.717) is 5.02 Å². The molecular weight excluding hydrogens is 430 g/mol. The van der Waals surface area contributed by atoms with Crippen molar-refractivity contribution in [3.63, 3.8) is 0 Å². The van der Waals surface area contributed by atoms with Gasteiger partial charge in [0, 0.05) is 35.8 Å². The van der Waals surface area contributed by atoms with E-state index in [1.165, 1.54) is 49.6 Å². The maximum atomic E-state index is 14.2. The van der Waals surface area contributed by atoms with Crippen LogP contribution in [0.4, 0.5) is 4.39 Å². The third-order valence-corrected chi connectivity index (χ3v) is 6.21. The Morgan fingerprint density at radius 2 is 1.86 bits per heavy atom. The molecule has 0 atom stereocenters. The number of halogens is 3. The summed E-state index contributed by atoms with van der Waals surface area (Å²) in [6, 6.07) is 9.50. The van der Waals surface area contributed by atoms with Gasteiger partial charge in [-0.3, -0.25) is 4.79 Å². The van der Waals surface area contributed by atoms with E-state index in [9.17, 15) is 17.6 Å². The molecule has 0 saturated heterocycles. The van der Waals surface area contributed by atoms with E-state index in [1.807, 2.05) is 0 Å². The van der Waals surface area contributed by atoms with Gasteiger partial charge in [0.05, 0.1) is 18.0 Å². The van der Waals surface area contributed by atoms with Gasteiger partial charge in [0.25, 0.3) is 0 Å². The van der Waals surface area contributed by atoms with E-state index in [1.54, 1.807) is 0 Å². The maximum Gasteiger partial charge on any atom is 0.243 e. The minimum absolute atomic E-state index is 0.0219. The van der Waals surface area contributed by atoms with Gasteiger partial charge in [0.2, 0.25) is 15.9 Å². The predicted octanol–water partition coefficient (Wildman–Crippen LogP) is 3.09. The summed E-state index contributed by atoms with van der Waals surface area (Å²) in [5.41, 5.74) is -0.0219. The van der Waals surface area contributed by atoms with Crippen LogP contribution in [0.15, 0.2) is 47.4 Å². The van der Waals surface area contributed by atoms with E-state index in [0.717, 1.165) is 4.31 Å². The van der Waals surface area contributed by atoms with Crippen LogP contribution in [0.5, 0.6) is 0 Å². The molecule has 2 aromatic carbocycles. The first kappa shape index (κ1) is 22.6. The Morgan fingerprint density at radius 1 is 1.18 bits per heavy atom. The Hall–Kier alpha value is -1.71. The average Bonchev–Trinajstić information content (AvgIpc) is 2.64. The number of carbonyl (C=O) groups excluding carboxylic acids is 1. The molecule has 0 aliphatic heterocycles.